The molecule has 0 aliphatic heterocycles. The van der Waals surface area contributed by atoms with E-state index < -0.39 is 0 Å². The number of hydrogen-bond acceptors (Lipinski definition) is 2. The molecular formula is C22H38O2. The molecule has 24 heavy (non-hydrogen) atoms. The van der Waals surface area contributed by atoms with Crippen molar-refractivity contribution in [2.45, 2.75) is 83.8 Å². The van der Waals surface area contributed by atoms with Crippen LogP contribution in [0.25, 0.3) is 0 Å². The van der Waals surface area contributed by atoms with Gasteiger partial charge in [0, 0.05) is 7.11 Å². The lowest BCUT2D eigenvalue weighted by molar-refractivity contribution is -0.0379. The van der Waals surface area contributed by atoms with Crippen molar-refractivity contribution < 1.29 is 9.47 Å². The Bertz CT molecular complexity index is 422. The van der Waals surface area contributed by atoms with Crippen LogP contribution in [0.15, 0.2) is 0 Å². The van der Waals surface area contributed by atoms with Crippen molar-refractivity contribution in [3.05, 3.63) is 0 Å². The molecule has 0 N–H and O–H groups in total. The van der Waals surface area contributed by atoms with E-state index in [0.717, 1.165) is 48.0 Å². The van der Waals surface area contributed by atoms with Gasteiger partial charge in [0.2, 0.25) is 0 Å². The van der Waals surface area contributed by atoms with Gasteiger partial charge in [-0.15, -0.1) is 0 Å². The summed E-state index contributed by atoms with van der Waals surface area (Å²) >= 11 is 0. The van der Waals surface area contributed by atoms with E-state index in [1.54, 1.807) is 0 Å². The summed E-state index contributed by atoms with van der Waals surface area (Å²) in [6, 6.07) is 0. The second kappa shape index (κ2) is 7.27. The van der Waals surface area contributed by atoms with Crippen LogP contribution in [-0.4, -0.2) is 25.9 Å². The van der Waals surface area contributed by atoms with Crippen molar-refractivity contribution in [3.8, 4) is 0 Å². The van der Waals surface area contributed by atoms with Crippen molar-refractivity contribution in [1.82, 2.24) is 0 Å². The van der Waals surface area contributed by atoms with Crippen LogP contribution in [0.4, 0.5) is 0 Å². The lowest BCUT2D eigenvalue weighted by Crippen LogP contribution is -2.37. The molecule has 0 bridgehead atoms. The monoisotopic (exact) mass is 334 g/mol. The third-order valence-corrected chi connectivity index (χ3v) is 8.41. The molecule has 4 rings (SSSR count). The average molecular weight is 335 g/mol. The zero-order valence-electron chi connectivity index (χ0n) is 16.1. The number of hydrogen-bond donors (Lipinski definition) is 0. The van der Waals surface area contributed by atoms with Gasteiger partial charge in [-0.05, 0) is 92.8 Å². The van der Waals surface area contributed by atoms with Gasteiger partial charge in [0.1, 0.15) is 0 Å². The third kappa shape index (κ3) is 3.30. The van der Waals surface area contributed by atoms with E-state index in [4.69, 9.17) is 9.47 Å². The van der Waals surface area contributed by atoms with Crippen molar-refractivity contribution in [1.29, 1.82) is 0 Å². The van der Waals surface area contributed by atoms with Gasteiger partial charge in [-0.1, -0.05) is 20.3 Å². The first kappa shape index (κ1) is 17.3. The fourth-order valence-corrected chi connectivity index (χ4v) is 6.98. The second-order valence-electron chi connectivity index (χ2n) is 9.76. The van der Waals surface area contributed by atoms with Crippen molar-refractivity contribution in [2.24, 2.45) is 41.4 Å². The molecule has 2 heteroatoms. The average Bonchev–Trinajstić information content (AvgIpc) is 3.16. The Morgan fingerprint density at radius 2 is 1.58 bits per heavy atom. The smallest absolute Gasteiger partial charge is 0.0602 e. The van der Waals surface area contributed by atoms with Gasteiger partial charge in [0.05, 0.1) is 18.8 Å². The zero-order valence-corrected chi connectivity index (χ0v) is 16.1. The number of ether oxygens (including phenoxy) is 2. The summed E-state index contributed by atoms with van der Waals surface area (Å²) in [6.45, 7) is 5.94. The minimum Gasteiger partial charge on any atom is -0.381 e. The van der Waals surface area contributed by atoms with Crippen LogP contribution in [0.2, 0.25) is 0 Å². The van der Waals surface area contributed by atoms with Gasteiger partial charge in [0.25, 0.3) is 0 Å². The van der Waals surface area contributed by atoms with Crippen LogP contribution in [0.3, 0.4) is 0 Å². The van der Waals surface area contributed by atoms with Gasteiger partial charge in [-0.2, -0.15) is 0 Å². The fraction of sp³-hybridized carbons (Fsp3) is 1.00. The van der Waals surface area contributed by atoms with E-state index >= 15 is 0 Å². The Morgan fingerprint density at radius 3 is 2.42 bits per heavy atom. The third-order valence-electron chi connectivity index (χ3n) is 8.41. The van der Waals surface area contributed by atoms with Gasteiger partial charge in [0.15, 0.2) is 0 Å². The summed E-state index contributed by atoms with van der Waals surface area (Å²) in [5.41, 5.74) is 0. The maximum atomic E-state index is 6.58. The largest absolute Gasteiger partial charge is 0.381 e. The predicted molar refractivity (Wildman–Crippen MR) is 97.9 cm³/mol. The molecule has 2 nitrogen and oxygen atoms in total. The van der Waals surface area contributed by atoms with E-state index in [2.05, 4.69) is 13.8 Å². The molecule has 7 unspecified atom stereocenters. The van der Waals surface area contributed by atoms with Crippen molar-refractivity contribution >= 4 is 0 Å². The molecule has 4 fully saturated rings. The molecule has 4 aliphatic rings. The lowest BCUT2D eigenvalue weighted by atomic mass is 9.68. The van der Waals surface area contributed by atoms with Crippen LogP contribution in [0.5, 0.6) is 0 Å². The number of fused-ring (bicyclic) bond motifs is 2. The Hall–Kier alpha value is -0.0800. The SMILES string of the molecule is COC1CCC2C1CC[C@@H](C)C2COC1CC2CC[C@@H](C)CC2C1. The molecule has 0 aromatic carbocycles. The molecule has 0 spiro atoms. The van der Waals surface area contributed by atoms with E-state index in [-0.39, 0.29) is 0 Å². The first-order valence-electron chi connectivity index (χ1n) is 10.8. The molecule has 0 amide bonds. The molecule has 138 valence electrons. The molecule has 0 aromatic heterocycles. The molecule has 9 atom stereocenters. The van der Waals surface area contributed by atoms with E-state index in [1.807, 2.05) is 7.11 Å². The van der Waals surface area contributed by atoms with Crippen molar-refractivity contribution in [3.63, 3.8) is 0 Å². The highest BCUT2D eigenvalue weighted by atomic mass is 16.5. The standard InChI is InChI=1S/C22H38O2/c1-14-4-6-16-11-18(12-17(16)10-14)24-13-21-15(2)5-7-20-19(21)8-9-22(20)23-3/h14-22H,4-13H2,1-3H3/t14-,15-,16?,17?,18?,19?,20?,21?,22?/m1/s1. The summed E-state index contributed by atoms with van der Waals surface area (Å²) in [5, 5.41) is 0. The topological polar surface area (TPSA) is 18.5 Å². The highest BCUT2D eigenvalue weighted by molar-refractivity contribution is 4.95. The van der Waals surface area contributed by atoms with Gasteiger partial charge in [-0.25, -0.2) is 0 Å². The van der Waals surface area contributed by atoms with Crippen LogP contribution >= 0.6 is 0 Å². The summed E-state index contributed by atoms with van der Waals surface area (Å²) in [7, 11) is 1.91. The van der Waals surface area contributed by atoms with Crippen LogP contribution in [0, 0.1) is 41.4 Å². The van der Waals surface area contributed by atoms with Crippen LogP contribution in [0.1, 0.15) is 71.6 Å². The Morgan fingerprint density at radius 1 is 0.792 bits per heavy atom. The maximum Gasteiger partial charge on any atom is 0.0602 e. The summed E-state index contributed by atoms with van der Waals surface area (Å²) < 4.78 is 12.4. The van der Waals surface area contributed by atoms with Gasteiger partial charge >= 0.3 is 0 Å². The first-order valence-corrected chi connectivity index (χ1v) is 10.8. The second-order valence-corrected chi connectivity index (χ2v) is 9.76. The molecule has 4 aliphatic carbocycles. The lowest BCUT2D eigenvalue weighted by Gasteiger charge is -2.40. The highest BCUT2D eigenvalue weighted by Crippen LogP contribution is 2.50. The molecule has 0 aromatic rings. The summed E-state index contributed by atoms with van der Waals surface area (Å²) in [5.74, 6) is 6.20. The molecule has 0 heterocycles. The van der Waals surface area contributed by atoms with E-state index in [1.165, 1.54) is 57.8 Å². The normalized spacial score (nSPS) is 51.4. The predicted octanol–water partition coefficient (Wildman–Crippen LogP) is 5.31. The Labute approximate surface area is 149 Å². The minimum absolute atomic E-state index is 0.529. The molecule has 0 saturated heterocycles. The van der Waals surface area contributed by atoms with E-state index in [9.17, 15) is 0 Å². The Kier molecular flexibility index (Phi) is 5.25. The Balaban J connectivity index is 1.32. The van der Waals surface area contributed by atoms with Crippen molar-refractivity contribution in [2.75, 3.05) is 13.7 Å². The maximum absolute atomic E-state index is 6.58. The first-order chi connectivity index (χ1) is 11.7. The zero-order chi connectivity index (χ0) is 16.7. The van der Waals surface area contributed by atoms with Gasteiger partial charge < -0.3 is 9.47 Å². The van der Waals surface area contributed by atoms with E-state index in [0.29, 0.717) is 12.2 Å². The molecule has 4 saturated carbocycles. The number of methoxy groups -OCH3 is 1. The van der Waals surface area contributed by atoms with Crippen LogP contribution in [-0.2, 0) is 9.47 Å². The van der Waals surface area contributed by atoms with Gasteiger partial charge in [-0.3, -0.25) is 0 Å². The summed E-state index contributed by atoms with van der Waals surface area (Å²) in [4.78, 5) is 0. The van der Waals surface area contributed by atoms with Crippen LogP contribution < -0.4 is 0 Å². The quantitative estimate of drug-likeness (QED) is 0.694. The molecular weight excluding hydrogens is 296 g/mol. The minimum atomic E-state index is 0.529. The number of rotatable bonds is 4. The fourth-order valence-electron chi connectivity index (χ4n) is 6.98. The highest BCUT2D eigenvalue weighted by Gasteiger charge is 2.46. The summed E-state index contributed by atoms with van der Waals surface area (Å²) in [6.07, 6.45) is 13.6. The molecule has 0 radical (unpaired) electrons.